The average molecular weight is 478 g/mol. The quantitative estimate of drug-likeness (QED) is 0.317. The number of nitrogens with zero attached hydrogens (tertiary/aromatic N) is 1. The molecular formula is C26H36ClNO5. The number of nitriles is 1. The lowest BCUT2D eigenvalue weighted by Gasteiger charge is -2.67. The van der Waals surface area contributed by atoms with Crippen molar-refractivity contribution in [2.75, 3.05) is 7.11 Å². The third-order valence-electron chi connectivity index (χ3n) is 10.1. The second kappa shape index (κ2) is 7.70. The zero-order chi connectivity index (χ0) is 24.4. The Morgan fingerprint density at radius 3 is 2.27 bits per heavy atom. The molecule has 0 unspecified atom stereocenters. The highest BCUT2D eigenvalue weighted by Gasteiger charge is 2.71. The maximum absolute atomic E-state index is 12.9. The molecule has 0 spiro atoms. The number of carbonyl (C=O) groups is 3. The molecule has 4 aliphatic carbocycles. The maximum atomic E-state index is 12.9. The minimum Gasteiger partial charge on any atom is -0.467 e. The summed E-state index contributed by atoms with van der Waals surface area (Å²) in [4.78, 5) is 35.8. The number of esters is 2. The van der Waals surface area contributed by atoms with Crippen LogP contribution in [0, 0.1) is 45.3 Å². The van der Waals surface area contributed by atoms with Crippen molar-refractivity contribution in [2.45, 2.75) is 96.0 Å². The Balaban J connectivity index is 1.73. The molecule has 4 aliphatic rings. The second-order valence-corrected chi connectivity index (χ2v) is 12.5. The Kier molecular flexibility index (Phi) is 5.72. The number of halogens is 1. The molecule has 0 N–H and O–H groups in total. The largest absolute Gasteiger partial charge is 0.467 e. The van der Waals surface area contributed by atoms with Crippen LogP contribution >= 0.6 is 11.6 Å². The summed E-state index contributed by atoms with van der Waals surface area (Å²) in [7, 11) is 1.28. The van der Waals surface area contributed by atoms with Gasteiger partial charge in [-0.05, 0) is 81.0 Å². The van der Waals surface area contributed by atoms with Crippen LogP contribution < -0.4 is 0 Å². The normalized spacial score (nSPS) is 49.0. The standard InChI is InChI=1S/C26H36ClNO5/c1-16(29)33-23(3)11-7-17-22(2,14-23)10-6-18-24(4)12-9-20(30)26(27,21(31)32-5)19(24)8-13-25(17,18)15-28/h17-19H,6-14H2,1-5H3/t17-,18-,19-,22-,23-,24-,25-,26+/m1/s1. The van der Waals surface area contributed by atoms with Crippen molar-refractivity contribution in [1.82, 2.24) is 0 Å². The summed E-state index contributed by atoms with van der Waals surface area (Å²) in [6, 6.07) is 2.80. The SMILES string of the molecule is COC(=O)[C@@]1(Cl)C(=O)CC[C@]2(C)[C@H]3CC[C@]4(C)C[C@](C)(OC(C)=O)CC[C@H]4[C@]3(C#N)CC[C@@H]12. The van der Waals surface area contributed by atoms with Crippen LogP contribution in [0.5, 0.6) is 0 Å². The highest BCUT2D eigenvalue weighted by Crippen LogP contribution is 2.72. The first-order valence-electron chi connectivity index (χ1n) is 12.2. The van der Waals surface area contributed by atoms with Crippen molar-refractivity contribution < 1.29 is 23.9 Å². The Bertz CT molecular complexity index is 920. The van der Waals surface area contributed by atoms with Gasteiger partial charge in [0.2, 0.25) is 4.87 Å². The van der Waals surface area contributed by atoms with E-state index in [9.17, 15) is 19.6 Å². The van der Waals surface area contributed by atoms with E-state index >= 15 is 0 Å². The number of methoxy groups -OCH3 is 1. The van der Waals surface area contributed by atoms with E-state index in [2.05, 4.69) is 19.9 Å². The number of fused-ring (bicyclic) bond motifs is 5. The molecule has 182 valence electrons. The fraction of sp³-hybridized carbons (Fsp3) is 0.846. The van der Waals surface area contributed by atoms with Gasteiger partial charge in [-0.15, -0.1) is 0 Å². The first kappa shape index (κ1) is 24.5. The van der Waals surface area contributed by atoms with Crippen molar-refractivity contribution in [3.05, 3.63) is 0 Å². The van der Waals surface area contributed by atoms with Crippen molar-refractivity contribution >= 4 is 29.3 Å². The predicted octanol–water partition coefficient (Wildman–Crippen LogP) is 4.96. The molecule has 0 aromatic carbocycles. The van der Waals surface area contributed by atoms with E-state index in [4.69, 9.17) is 21.1 Å². The Labute approximate surface area is 201 Å². The summed E-state index contributed by atoms with van der Waals surface area (Å²) in [5.74, 6) is -1.28. The summed E-state index contributed by atoms with van der Waals surface area (Å²) in [5, 5.41) is 10.7. The van der Waals surface area contributed by atoms with Gasteiger partial charge in [0.25, 0.3) is 0 Å². The topological polar surface area (TPSA) is 93.5 Å². The zero-order valence-electron chi connectivity index (χ0n) is 20.5. The number of Topliss-reactive ketones (excluding diaryl/α,β-unsaturated/α-hetero) is 1. The van der Waals surface area contributed by atoms with Gasteiger partial charge in [-0.1, -0.05) is 25.4 Å². The number of ketones is 1. The molecule has 0 amide bonds. The fourth-order valence-corrected chi connectivity index (χ4v) is 9.54. The van der Waals surface area contributed by atoms with Crippen molar-refractivity contribution in [2.24, 2.45) is 34.0 Å². The van der Waals surface area contributed by atoms with E-state index in [-0.39, 0.29) is 41.3 Å². The molecule has 4 rings (SSSR count). The monoisotopic (exact) mass is 477 g/mol. The van der Waals surface area contributed by atoms with Crippen LogP contribution in [0.1, 0.15) is 85.5 Å². The van der Waals surface area contributed by atoms with Gasteiger partial charge in [0.05, 0.1) is 18.6 Å². The van der Waals surface area contributed by atoms with Crippen molar-refractivity contribution in [3.63, 3.8) is 0 Å². The van der Waals surface area contributed by atoms with Crippen LogP contribution in [0.25, 0.3) is 0 Å². The summed E-state index contributed by atoms with van der Waals surface area (Å²) < 4.78 is 10.8. The van der Waals surface area contributed by atoms with Crippen LogP contribution in [0.2, 0.25) is 0 Å². The number of hydrogen-bond acceptors (Lipinski definition) is 6. The van der Waals surface area contributed by atoms with Crippen LogP contribution in [-0.2, 0) is 23.9 Å². The molecule has 7 heteroatoms. The minimum absolute atomic E-state index is 0.0563. The molecule has 8 atom stereocenters. The number of alkyl halides is 1. The first-order valence-corrected chi connectivity index (χ1v) is 12.6. The molecule has 4 saturated carbocycles. The van der Waals surface area contributed by atoms with Gasteiger partial charge in [-0.2, -0.15) is 5.26 Å². The van der Waals surface area contributed by atoms with E-state index in [1.807, 2.05) is 6.92 Å². The summed E-state index contributed by atoms with van der Waals surface area (Å²) in [5.41, 5.74) is -1.54. The number of rotatable bonds is 2. The summed E-state index contributed by atoms with van der Waals surface area (Å²) in [6.07, 6.45) is 6.13. The number of carbonyl (C=O) groups excluding carboxylic acids is 3. The summed E-state index contributed by atoms with van der Waals surface area (Å²) in [6.45, 7) is 7.88. The first-order chi connectivity index (χ1) is 15.3. The van der Waals surface area contributed by atoms with Gasteiger partial charge in [-0.3, -0.25) is 9.59 Å². The van der Waals surface area contributed by atoms with E-state index in [1.165, 1.54) is 14.0 Å². The Morgan fingerprint density at radius 1 is 1.03 bits per heavy atom. The molecule has 0 radical (unpaired) electrons. The van der Waals surface area contributed by atoms with Crippen molar-refractivity contribution in [1.29, 1.82) is 5.26 Å². The average Bonchev–Trinajstić information content (AvgIpc) is 2.73. The lowest BCUT2D eigenvalue weighted by Crippen LogP contribution is -2.67. The van der Waals surface area contributed by atoms with Crippen LogP contribution in [0.15, 0.2) is 0 Å². The van der Waals surface area contributed by atoms with E-state index in [0.717, 1.165) is 32.1 Å². The molecule has 33 heavy (non-hydrogen) atoms. The molecule has 0 aliphatic heterocycles. The lowest BCUT2D eigenvalue weighted by molar-refractivity contribution is -0.202. The molecule has 4 fully saturated rings. The molecule has 0 aromatic heterocycles. The van der Waals surface area contributed by atoms with Gasteiger partial charge in [0, 0.05) is 19.3 Å². The van der Waals surface area contributed by atoms with Gasteiger partial charge < -0.3 is 9.47 Å². The van der Waals surface area contributed by atoms with E-state index in [0.29, 0.717) is 19.3 Å². The Morgan fingerprint density at radius 2 is 1.67 bits per heavy atom. The summed E-state index contributed by atoms with van der Waals surface area (Å²) >= 11 is 6.85. The highest BCUT2D eigenvalue weighted by molar-refractivity contribution is 6.46. The number of hydrogen-bond donors (Lipinski definition) is 0. The van der Waals surface area contributed by atoms with Gasteiger partial charge in [0.1, 0.15) is 5.60 Å². The molecule has 0 heterocycles. The van der Waals surface area contributed by atoms with E-state index in [1.54, 1.807) is 0 Å². The molecule has 6 nitrogen and oxygen atoms in total. The van der Waals surface area contributed by atoms with Crippen LogP contribution in [0.4, 0.5) is 0 Å². The van der Waals surface area contributed by atoms with Crippen LogP contribution in [-0.4, -0.2) is 35.3 Å². The zero-order valence-corrected chi connectivity index (χ0v) is 21.2. The van der Waals surface area contributed by atoms with Crippen LogP contribution in [0.3, 0.4) is 0 Å². The Hall–Kier alpha value is -1.61. The smallest absolute Gasteiger partial charge is 0.334 e. The molecule has 0 aromatic rings. The lowest BCUT2D eigenvalue weighted by atomic mass is 9.36. The van der Waals surface area contributed by atoms with Gasteiger partial charge >= 0.3 is 11.9 Å². The highest BCUT2D eigenvalue weighted by atomic mass is 35.5. The van der Waals surface area contributed by atoms with Gasteiger partial charge in [-0.25, -0.2) is 4.79 Å². The maximum Gasteiger partial charge on any atom is 0.334 e. The third-order valence-corrected chi connectivity index (χ3v) is 10.8. The van der Waals surface area contributed by atoms with Crippen molar-refractivity contribution in [3.8, 4) is 6.07 Å². The molecule has 0 bridgehead atoms. The molecular weight excluding hydrogens is 442 g/mol. The van der Waals surface area contributed by atoms with Gasteiger partial charge in [0.15, 0.2) is 5.78 Å². The van der Waals surface area contributed by atoms with E-state index < -0.39 is 27.3 Å². The number of ether oxygens (including phenoxy) is 2. The predicted molar refractivity (Wildman–Crippen MR) is 122 cm³/mol. The second-order valence-electron chi connectivity index (χ2n) is 11.9. The third kappa shape index (κ3) is 3.28. The fourth-order valence-electron chi connectivity index (χ4n) is 9.01. The molecule has 0 saturated heterocycles. The minimum atomic E-state index is -1.66.